The number of halogens is 1. The van der Waals surface area contributed by atoms with Crippen LogP contribution in [0.5, 0.6) is 0 Å². The molecule has 3 rings (SSSR count). The van der Waals surface area contributed by atoms with E-state index >= 15 is 0 Å². The van der Waals surface area contributed by atoms with Gasteiger partial charge in [-0.05, 0) is 19.1 Å². The summed E-state index contributed by atoms with van der Waals surface area (Å²) in [4.78, 5) is 10.3. The van der Waals surface area contributed by atoms with Crippen molar-refractivity contribution in [3.8, 4) is 0 Å². The highest BCUT2D eigenvalue weighted by Gasteiger charge is 2.11. The Morgan fingerprint density at radius 2 is 2.16 bits per heavy atom. The van der Waals surface area contributed by atoms with Gasteiger partial charge in [-0.25, -0.2) is 9.97 Å². The van der Waals surface area contributed by atoms with Crippen LogP contribution in [0, 0.1) is 6.92 Å². The van der Waals surface area contributed by atoms with Crippen LogP contribution in [0.1, 0.15) is 15.7 Å². The first-order valence-electron chi connectivity index (χ1n) is 6.19. The number of aromatic nitrogens is 3. The molecule has 3 nitrogen and oxygen atoms in total. The quantitative estimate of drug-likeness (QED) is 0.687. The zero-order chi connectivity index (χ0) is 13.2. The number of alkyl halides is 1. The summed E-state index contributed by atoms with van der Waals surface area (Å²) in [6.45, 7) is 2.85. The van der Waals surface area contributed by atoms with E-state index in [1.54, 1.807) is 11.3 Å². The predicted molar refractivity (Wildman–Crippen MR) is 80.1 cm³/mol. The van der Waals surface area contributed by atoms with Crippen molar-refractivity contribution >= 4 is 34.0 Å². The van der Waals surface area contributed by atoms with Crippen LogP contribution in [0.2, 0.25) is 0 Å². The molecule has 2 heterocycles. The smallest absolute Gasteiger partial charge is 0.113 e. The number of nitrogens with zero attached hydrogens (tertiary/aromatic N) is 3. The second-order valence-electron chi connectivity index (χ2n) is 4.41. The topological polar surface area (TPSA) is 30.7 Å². The highest BCUT2D eigenvalue weighted by Crippen LogP contribution is 2.20. The van der Waals surface area contributed by atoms with E-state index in [9.17, 15) is 0 Å². The van der Waals surface area contributed by atoms with Crippen molar-refractivity contribution < 1.29 is 0 Å². The first-order valence-corrected chi connectivity index (χ1v) is 7.54. The third kappa shape index (κ3) is 2.51. The molecule has 1 aromatic carbocycles. The van der Waals surface area contributed by atoms with Crippen molar-refractivity contribution in [2.75, 3.05) is 5.88 Å². The molecule has 0 spiro atoms. The molecule has 2 aromatic heterocycles. The van der Waals surface area contributed by atoms with Crippen LogP contribution in [0.25, 0.3) is 11.0 Å². The molecule has 0 aliphatic rings. The summed E-state index contributed by atoms with van der Waals surface area (Å²) >= 11 is 7.60. The number of thiazole rings is 1. The standard InChI is InChI=1S/C14H14ClN3S/c1-10-8-16-14(19-10)9-18-12-5-3-2-4-11(12)17-13(18)6-7-15/h2-5,8H,6-7,9H2,1H3. The van der Waals surface area contributed by atoms with Gasteiger partial charge in [0.25, 0.3) is 0 Å². The molecule has 0 aliphatic heterocycles. The maximum Gasteiger partial charge on any atom is 0.113 e. The third-order valence-corrected chi connectivity index (χ3v) is 4.10. The first-order chi connectivity index (χ1) is 9.28. The average molecular weight is 292 g/mol. The summed E-state index contributed by atoms with van der Waals surface area (Å²) in [7, 11) is 0. The van der Waals surface area contributed by atoms with Crippen LogP contribution in [0.15, 0.2) is 30.5 Å². The van der Waals surface area contributed by atoms with Gasteiger partial charge < -0.3 is 4.57 Å². The zero-order valence-corrected chi connectivity index (χ0v) is 12.2. The Bertz CT molecular complexity index is 702. The maximum absolute atomic E-state index is 5.88. The fourth-order valence-corrected chi connectivity index (χ4v) is 3.13. The largest absolute Gasteiger partial charge is 0.321 e. The SMILES string of the molecule is Cc1cnc(Cn2c(CCCl)nc3ccccc32)s1. The Balaban J connectivity index is 2.06. The number of para-hydroxylation sites is 2. The molecule has 3 aromatic rings. The second kappa shape index (κ2) is 5.31. The lowest BCUT2D eigenvalue weighted by molar-refractivity contribution is 0.750. The number of hydrogen-bond donors (Lipinski definition) is 0. The van der Waals surface area contributed by atoms with Gasteiger partial charge in [0.15, 0.2) is 0 Å². The second-order valence-corrected chi connectivity index (χ2v) is 6.10. The third-order valence-electron chi connectivity index (χ3n) is 3.01. The lowest BCUT2D eigenvalue weighted by Gasteiger charge is -2.06. The fourth-order valence-electron chi connectivity index (χ4n) is 2.19. The van der Waals surface area contributed by atoms with Gasteiger partial charge in [0.05, 0.1) is 17.6 Å². The lowest BCUT2D eigenvalue weighted by Crippen LogP contribution is -2.05. The monoisotopic (exact) mass is 291 g/mol. The van der Waals surface area contributed by atoms with Gasteiger partial charge in [0.1, 0.15) is 10.8 Å². The number of hydrogen-bond acceptors (Lipinski definition) is 3. The molecule has 5 heteroatoms. The Morgan fingerprint density at radius 3 is 2.89 bits per heavy atom. The Labute approximate surface area is 120 Å². The number of imidazole rings is 1. The molecular formula is C14H14ClN3S. The average Bonchev–Trinajstić information content (AvgIpc) is 2.96. The van der Waals surface area contributed by atoms with Crippen molar-refractivity contribution in [2.45, 2.75) is 19.9 Å². The summed E-state index contributed by atoms with van der Waals surface area (Å²) < 4.78 is 2.22. The van der Waals surface area contributed by atoms with E-state index in [0.717, 1.165) is 34.8 Å². The van der Waals surface area contributed by atoms with Gasteiger partial charge in [-0.15, -0.1) is 22.9 Å². The van der Waals surface area contributed by atoms with Crippen LogP contribution in [0.3, 0.4) is 0 Å². The first kappa shape index (κ1) is 12.6. The fraction of sp³-hybridized carbons (Fsp3) is 0.286. The molecule has 0 atom stereocenters. The van der Waals surface area contributed by atoms with Gasteiger partial charge >= 0.3 is 0 Å². The molecule has 0 bridgehead atoms. The molecule has 98 valence electrons. The van der Waals surface area contributed by atoms with E-state index in [1.165, 1.54) is 4.88 Å². The van der Waals surface area contributed by atoms with Crippen LogP contribution in [0.4, 0.5) is 0 Å². The lowest BCUT2D eigenvalue weighted by atomic mass is 10.3. The zero-order valence-electron chi connectivity index (χ0n) is 10.6. The van der Waals surface area contributed by atoms with E-state index in [0.29, 0.717) is 5.88 Å². The Kier molecular flexibility index (Phi) is 3.53. The summed E-state index contributed by atoms with van der Waals surface area (Å²) in [6, 6.07) is 8.19. The van der Waals surface area contributed by atoms with Crippen LogP contribution in [-0.4, -0.2) is 20.4 Å². The molecule has 0 saturated carbocycles. The van der Waals surface area contributed by atoms with E-state index in [-0.39, 0.29) is 0 Å². The van der Waals surface area contributed by atoms with E-state index in [1.807, 2.05) is 24.4 Å². The minimum atomic E-state index is 0.584. The molecule has 0 aliphatic carbocycles. The van der Waals surface area contributed by atoms with Crippen molar-refractivity contribution in [1.82, 2.24) is 14.5 Å². The minimum Gasteiger partial charge on any atom is -0.321 e. The highest BCUT2D eigenvalue weighted by molar-refractivity contribution is 7.11. The van der Waals surface area contributed by atoms with Gasteiger partial charge in [0, 0.05) is 23.4 Å². The van der Waals surface area contributed by atoms with Crippen molar-refractivity contribution in [1.29, 1.82) is 0 Å². The highest BCUT2D eigenvalue weighted by atomic mass is 35.5. The van der Waals surface area contributed by atoms with Gasteiger partial charge in [-0.2, -0.15) is 0 Å². The van der Waals surface area contributed by atoms with E-state index in [2.05, 4.69) is 27.5 Å². The van der Waals surface area contributed by atoms with Gasteiger partial charge in [0.2, 0.25) is 0 Å². The van der Waals surface area contributed by atoms with Crippen molar-refractivity contribution in [3.63, 3.8) is 0 Å². The van der Waals surface area contributed by atoms with Crippen LogP contribution in [-0.2, 0) is 13.0 Å². The summed E-state index contributed by atoms with van der Waals surface area (Å²) in [5.41, 5.74) is 2.17. The minimum absolute atomic E-state index is 0.584. The Hall–Kier alpha value is -1.39. The summed E-state index contributed by atoms with van der Waals surface area (Å²) in [6.07, 6.45) is 2.70. The van der Waals surface area contributed by atoms with Gasteiger partial charge in [-0.1, -0.05) is 12.1 Å². The number of fused-ring (bicyclic) bond motifs is 1. The van der Waals surface area contributed by atoms with Gasteiger partial charge in [-0.3, -0.25) is 0 Å². The summed E-state index contributed by atoms with van der Waals surface area (Å²) in [5, 5.41) is 1.11. The van der Waals surface area contributed by atoms with Crippen molar-refractivity contribution in [2.24, 2.45) is 0 Å². The summed E-state index contributed by atoms with van der Waals surface area (Å²) in [5.74, 6) is 1.62. The number of benzene rings is 1. The Morgan fingerprint density at radius 1 is 1.32 bits per heavy atom. The number of aryl methyl sites for hydroxylation is 2. The molecule has 0 amide bonds. The van der Waals surface area contributed by atoms with Crippen molar-refractivity contribution in [3.05, 3.63) is 46.2 Å². The molecule has 0 fully saturated rings. The molecular weight excluding hydrogens is 278 g/mol. The molecule has 19 heavy (non-hydrogen) atoms. The van der Waals surface area contributed by atoms with E-state index in [4.69, 9.17) is 11.6 Å². The van der Waals surface area contributed by atoms with Crippen LogP contribution >= 0.6 is 22.9 Å². The molecule has 0 saturated heterocycles. The molecule has 0 radical (unpaired) electrons. The molecule has 0 N–H and O–H groups in total. The van der Waals surface area contributed by atoms with Crippen LogP contribution < -0.4 is 0 Å². The number of rotatable bonds is 4. The predicted octanol–water partition coefficient (Wildman–Crippen LogP) is 3.63. The van der Waals surface area contributed by atoms with E-state index < -0.39 is 0 Å². The maximum atomic E-state index is 5.88. The molecule has 0 unspecified atom stereocenters. The normalized spacial score (nSPS) is 11.3.